The summed E-state index contributed by atoms with van der Waals surface area (Å²) >= 11 is 3.37. The Bertz CT molecular complexity index is 1170. The Balaban J connectivity index is 1.60. The molecule has 0 aliphatic heterocycles. The van der Waals surface area contributed by atoms with Gasteiger partial charge in [-0.1, -0.05) is 45.8 Å². The van der Waals surface area contributed by atoms with Crippen LogP contribution in [-0.2, 0) is 0 Å². The number of aromatic amines is 2. The van der Waals surface area contributed by atoms with E-state index in [4.69, 9.17) is 0 Å². The molecule has 2 aromatic carbocycles. The molecule has 4 rings (SSSR count). The molecular weight excluding hydrogens is 410 g/mol. The SMILES string of the molecule is Cc1ccc(-c2cc(C(=O)N=Nc3c(O)[nH]c4ccc(Br)cc34)[nH]n2)cc1. The molecule has 0 fully saturated rings. The number of H-pyrrole nitrogens is 2. The van der Waals surface area contributed by atoms with Gasteiger partial charge in [-0.3, -0.25) is 9.89 Å². The third-order valence-corrected chi connectivity index (χ3v) is 4.60. The summed E-state index contributed by atoms with van der Waals surface area (Å²) in [7, 11) is 0. The topological polar surface area (TPSA) is 106 Å². The average Bonchev–Trinajstić information content (AvgIpc) is 3.25. The van der Waals surface area contributed by atoms with Crippen LogP contribution in [0, 0.1) is 6.92 Å². The van der Waals surface area contributed by atoms with Gasteiger partial charge in [0.05, 0.1) is 11.2 Å². The first-order valence-corrected chi connectivity index (χ1v) is 8.89. The predicted molar refractivity (Wildman–Crippen MR) is 105 cm³/mol. The van der Waals surface area contributed by atoms with Gasteiger partial charge in [-0.05, 0) is 31.2 Å². The Morgan fingerprint density at radius 3 is 2.70 bits per heavy atom. The quantitative estimate of drug-likeness (QED) is 0.391. The Morgan fingerprint density at radius 1 is 1.15 bits per heavy atom. The zero-order valence-corrected chi connectivity index (χ0v) is 15.8. The number of rotatable bonds is 3. The van der Waals surface area contributed by atoms with Crippen LogP contribution < -0.4 is 0 Å². The van der Waals surface area contributed by atoms with Crippen molar-refractivity contribution in [2.24, 2.45) is 10.2 Å². The van der Waals surface area contributed by atoms with Gasteiger partial charge in [0.25, 0.3) is 0 Å². The first kappa shape index (κ1) is 17.2. The second-order valence-corrected chi connectivity index (χ2v) is 6.97. The standard InChI is InChI=1S/C19H14BrN5O2/c1-10-2-4-11(5-3-10)15-9-16(23-22-15)18(26)25-24-17-13-8-12(20)6-7-14(13)21-19(17)27/h2-9,21,27H,1H3,(H,22,23). The van der Waals surface area contributed by atoms with Crippen LogP contribution in [0.3, 0.4) is 0 Å². The molecule has 0 aliphatic carbocycles. The molecule has 0 spiro atoms. The molecule has 0 bridgehead atoms. The van der Waals surface area contributed by atoms with Crippen LogP contribution in [0.4, 0.5) is 5.69 Å². The summed E-state index contributed by atoms with van der Waals surface area (Å²) in [4.78, 5) is 15.1. The number of halogens is 1. The summed E-state index contributed by atoms with van der Waals surface area (Å²) in [5, 5.41) is 25.2. The lowest BCUT2D eigenvalue weighted by molar-refractivity contribution is 0.0990. The number of carbonyl (C=O) groups excluding carboxylic acids is 1. The highest BCUT2D eigenvalue weighted by atomic mass is 79.9. The number of aromatic hydroxyl groups is 1. The van der Waals surface area contributed by atoms with Crippen LogP contribution in [0.1, 0.15) is 16.1 Å². The lowest BCUT2D eigenvalue weighted by Crippen LogP contribution is -1.93. The van der Waals surface area contributed by atoms with Crippen LogP contribution in [0.5, 0.6) is 5.88 Å². The van der Waals surface area contributed by atoms with Gasteiger partial charge in [0.15, 0.2) is 5.69 Å². The lowest BCUT2D eigenvalue weighted by atomic mass is 10.1. The fraction of sp³-hybridized carbons (Fsp3) is 0.0526. The molecule has 0 unspecified atom stereocenters. The Hall–Kier alpha value is -3.26. The summed E-state index contributed by atoms with van der Waals surface area (Å²) in [6.45, 7) is 2.00. The average molecular weight is 424 g/mol. The van der Waals surface area contributed by atoms with Gasteiger partial charge in [0.1, 0.15) is 5.69 Å². The molecule has 0 saturated heterocycles. The summed E-state index contributed by atoms with van der Waals surface area (Å²) in [6, 6.07) is 14.9. The predicted octanol–water partition coefficient (Wildman–Crippen LogP) is 5.26. The molecular formula is C19H14BrN5O2. The number of nitrogens with one attached hydrogen (secondary N) is 2. The van der Waals surface area contributed by atoms with Crippen molar-refractivity contribution in [3.63, 3.8) is 0 Å². The molecule has 0 atom stereocenters. The number of aryl methyl sites for hydroxylation is 1. The zero-order chi connectivity index (χ0) is 19.0. The lowest BCUT2D eigenvalue weighted by Gasteiger charge is -1.96. The maximum Gasteiger partial charge on any atom is 0.313 e. The monoisotopic (exact) mass is 423 g/mol. The van der Waals surface area contributed by atoms with Crippen molar-refractivity contribution in [1.82, 2.24) is 15.2 Å². The van der Waals surface area contributed by atoms with Crippen LogP contribution in [0.15, 0.2) is 63.2 Å². The summed E-state index contributed by atoms with van der Waals surface area (Å²) in [6.07, 6.45) is 0. The van der Waals surface area contributed by atoms with Gasteiger partial charge in [0.2, 0.25) is 5.88 Å². The molecule has 2 heterocycles. The maximum atomic E-state index is 12.3. The van der Waals surface area contributed by atoms with E-state index in [1.165, 1.54) is 0 Å². The molecule has 0 radical (unpaired) electrons. The molecule has 2 aromatic heterocycles. The number of carbonyl (C=O) groups is 1. The minimum atomic E-state index is -0.579. The Labute approximate surface area is 162 Å². The van der Waals surface area contributed by atoms with Crippen molar-refractivity contribution in [3.05, 3.63) is 64.3 Å². The normalized spacial score (nSPS) is 11.5. The summed E-state index contributed by atoms with van der Waals surface area (Å²) in [5.74, 6) is -0.728. The highest BCUT2D eigenvalue weighted by Crippen LogP contribution is 2.36. The third kappa shape index (κ3) is 3.39. The number of benzene rings is 2. The Kier molecular flexibility index (Phi) is 4.33. The summed E-state index contributed by atoms with van der Waals surface area (Å²) in [5.41, 5.74) is 3.80. The number of amides is 1. The van der Waals surface area contributed by atoms with E-state index in [9.17, 15) is 9.90 Å². The molecule has 0 saturated carbocycles. The minimum absolute atomic E-state index is 0.149. The van der Waals surface area contributed by atoms with Crippen molar-refractivity contribution >= 4 is 38.4 Å². The first-order chi connectivity index (χ1) is 13.0. The molecule has 3 N–H and O–H groups in total. The number of aromatic nitrogens is 3. The number of hydrogen-bond acceptors (Lipinski definition) is 4. The van der Waals surface area contributed by atoms with E-state index in [2.05, 4.69) is 41.3 Å². The molecule has 8 heteroatoms. The summed E-state index contributed by atoms with van der Waals surface area (Å²) < 4.78 is 0.827. The molecule has 27 heavy (non-hydrogen) atoms. The van der Waals surface area contributed by atoms with Crippen molar-refractivity contribution in [1.29, 1.82) is 0 Å². The van der Waals surface area contributed by atoms with E-state index in [1.807, 2.05) is 37.3 Å². The number of fused-ring (bicyclic) bond motifs is 1. The smallest absolute Gasteiger partial charge is 0.313 e. The van der Waals surface area contributed by atoms with E-state index in [0.717, 1.165) is 15.6 Å². The molecule has 4 aromatic rings. The number of azo groups is 1. The number of hydrogen-bond donors (Lipinski definition) is 3. The van der Waals surface area contributed by atoms with Gasteiger partial charge in [0, 0.05) is 15.4 Å². The second kappa shape index (κ2) is 6.81. The van der Waals surface area contributed by atoms with Gasteiger partial charge in [-0.2, -0.15) is 5.10 Å². The fourth-order valence-electron chi connectivity index (χ4n) is 2.69. The van der Waals surface area contributed by atoms with Crippen LogP contribution in [0.2, 0.25) is 0 Å². The van der Waals surface area contributed by atoms with Gasteiger partial charge >= 0.3 is 5.91 Å². The zero-order valence-electron chi connectivity index (χ0n) is 14.2. The van der Waals surface area contributed by atoms with Gasteiger partial charge in [-0.25, -0.2) is 0 Å². The first-order valence-electron chi connectivity index (χ1n) is 8.10. The number of nitrogens with zero attached hydrogens (tertiary/aromatic N) is 3. The highest BCUT2D eigenvalue weighted by molar-refractivity contribution is 9.10. The van der Waals surface area contributed by atoms with E-state index in [-0.39, 0.29) is 17.3 Å². The minimum Gasteiger partial charge on any atom is -0.493 e. The van der Waals surface area contributed by atoms with Crippen LogP contribution in [-0.4, -0.2) is 26.2 Å². The van der Waals surface area contributed by atoms with Crippen molar-refractivity contribution in [3.8, 4) is 17.1 Å². The van der Waals surface area contributed by atoms with E-state index in [0.29, 0.717) is 16.6 Å². The molecule has 7 nitrogen and oxygen atoms in total. The maximum absolute atomic E-state index is 12.3. The van der Waals surface area contributed by atoms with E-state index < -0.39 is 5.91 Å². The third-order valence-electron chi connectivity index (χ3n) is 4.11. The fourth-order valence-corrected chi connectivity index (χ4v) is 3.05. The molecule has 134 valence electrons. The van der Waals surface area contributed by atoms with Gasteiger partial charge in [-0.15, -0.1) is 10.2 Å². The largest absolute Gasteiger partial charge is 0.493 e. The molecule has 0 aliphatic rings. The van der Waals surface area contributed by atoms with Crippen molar-refractivity contribution < 1.29 is 9.90 Å². The Morgan fingerprint density at radius 2 is 1.93 bits per heavy atom. The van der Waals surface area contributed by atoms with Crippen molar-refractivity contribution in [2.45, 2.75) is 6.92 Å². The van der Waals surface area contributed by atoms with E-state index >= 15 is 0 Å². The van der Waals surface area contributed by atoms with Crippen LogP contribution >= 0.6 is 15.9 Å². The second-order valence-electron chi connectivity index (χ2n) is 6.05. The molecule has 1 amide bonds. The highest BCUT2D eigenvalue weighted by Gasteiger charge is 2.14. The van der Waals surface area contributed by atoms with E-state index in [1.54, 1.807) is 18.2 Å². The van der Waals surface area contributed by atoms with Crippen LogP contribution in [0.25, 0.3) is 22.2 Å². The van der Waals surface area contributed by atoms with Gasteiger partial charge < -0.3 is 10.1 Å². The van der Waals surface area contributed by atoms with Crippen molar-refractivity contribution in [2.75, 3.05) is 0 Å².